The second kappa shape index (κ2) is 4.79. The molecule has 1 aliphatic carbocycles. The maximum absolute atomic E-state index is 3.69. The number of allylic oxidation sites excluding steroid dienone is 5. The molecule has 0 fully saturated rings. The first kappa shape index (κ1) is 9.09. The lowest BCUT2D eigenvalue weighted by Crippen LogP contribution is -1.98. The van der Waals surface area contributed by atoms with Crippen LogP contribution in [-0.2, 0) is 0 Å². The quantitative estimate of drug-likeness (QED) is 0.553. The van der Waals surface area contributed by atoms with E-state index in [1.807, 2.05) is 0 Å². The van der Waals surface area contributed by atoms with Crippen molar-refractivity contribution in [3.05, 3.63) is 42.2 Å². The molecule has 0 radical (unpaired) electrons. The van der Waals surface area contributed by atoms with Crippen molar-refractivity contribution in [2.75, 3.05) is 0 Å². The van der Waals surface area contributed by atoms with E-state index in [-0.39, 0.29) is 0 Å². The molecular formula is C12H16. The summed E-state index contributed by atoms with van der Waals surface area (Å²) in [5.41, 5.74) is 4.35. The first-order valence-electron chi connectivity index (χ1n) is 4.58. The van der Waals surface area contributed by atoms with Crippen molar-refractivity contribution in [3.8, 4) is 0 Å². The van der Waals surface area contributed by atoms with Gasteiger partial charge in [-0.3, -0.25) is 0 Å². The van der Waals surface area contributed by atoms with Gasteiger partial charge in [-0.05, 0) is 30.8 Å². The van der Waals surface area contributed by atoms with Crippen LogP contribution >= 0.6 is 0 Å². The van der Waals surface area contributed by atoms with Gasteiger partial charge in [-0.1, -0.05) is 37.8 Å². The largest absolute Gasteiger partial charge is 0.130 e. The van der Waals surface area contributed by atoms with E-state index in [1.165, 1.54) is 12.0 Å². The molecule has 1 unspecified atom stereocenters. The Morgan fingerprint density at radius 2 is 2.42 bits per heavy atom. The molecule has 0 aromatic heterocycles. The highest BCUT2D eigenvalue weighted by molar-refractivity contribution is 5.13. The van der Waals surface area contributed by atoms with E-state index in [1.54, 1.807) is 0 Å². The molecule has 0 nitrogen and oxygen atoms in total. The van der Waals surface area contributed by atoms with Gasteiger partial charge in [0.1, 0.15) is 0 Å². The van der Waals surface area contributed by atoms with Crippen molar-refractivity contribution in [1.29, 1.82) is 0 Å². The Hall–Kier alpha value is -1.00. The molecule has 64 valence electrons. The molecular weight excluding hydrogens is 144 g/mol. The van der Waals surface area contributed by atoms with Gasteiger partial charge in [0, 0.05) is 0 Å². The molecule has 0 heterocycles. The maximum atomic E-state index is 3.69. The van der Waals surface area contributed by atoms with Gasteiger partial charge < -0.3 is 0 Å². The van der Waals surface area contributed by atoms with Crippen molar-refractivity contribution in [2.24, 2.45) is 5.92 Å². The Labute approximate surface area is 75.0 Å². The zero-order valence-electron chi connectivity index (χ0n) is 7.72. The third-order valence-corrected chi connectivity index (χ3v) is 2.25. The van der Waals surface area contributed by atoms with Crippen molar-refractivity contribution >= 4 is 0 Å². The van der Waals surface area contributed by atoms with Gasteiger partial charge in [-0.2, -0.15) is 0 Å². The topological polar surface area (TPSA) is 0 Å². The molecule has 0 aromatic carbocycles. The van der Waals surface area contributed by atoms with E-state index in [9.17, 15) is 0 Å². The predicted molar refractivity (Wildman–Crippen MR) is 53.9 cm³/mol. The molecule has 12 heavy (non-hydrogen) atoms. The fraction of sp³-hybridized carbons (Fsp3) is 0.417. The standard InChI is InChI=1S/C12H16/c1-3-11(4-2)10-12-8-6-5-7-9-12/h5-8,12H,1,4,9-10H2,2H3. The first-order chi connectivity index (χ1) is 5.86. The van der Waals surface area contributed by atoms with Crippen LogP contribution in [0.15, 0.2) is 42.2 Å². The summed E-state index contributed by atoms with van der Waals surface area (Å²) in [5.74, 6) is 0.680. The molecule has 0 heteroatoms. The van der Waals surface area contributed by atoms with E-state index >= 15 is 0 Å². The van der Waals surface area contributed by atoms with E-state index in [2.05, 4.69) is 43.5 Å². The monoisotopic (exact) mass is 160 g/mol. The summed E-state index contributed by atoms with van der Waals surface area (Å²) >= 11 is 0. The lowest BCUT2D eigenvalue weighted by Gasteiger charge is -2.12. The Morgan fingerprint density at radius 1 is 1.58 bits per heavy atom. The molecule has 0 amide bonds. The first-order valence-corrected chi connectivity index (χ1v) is 4.58. The van der Waals surface area contributed by atoms with Crippen LogP contribution in [0.3, 0.4) is 0 Å². The van der Waals surface area contributed by atoms with Gasteiger partial charge in [-0.15, -0.1) is 5.73 Å². The smallest absolute Gasteiger partial charge is 0.0152 e. The second-order valence-corrected chi connectivity index (χ2v) is 3.15. The highest BCUT2D eigenvalue weighted by Crippen LogP contribution is 2.20. The van der Waals surface area contributed by atoms with Crippen LogP contribution < -0.4 is 0 Å². The van der Waals surface area contributed by atoms with Crippen LogP contribution in [0.1, 0.15) is 26.2 Å². The summed E-state index contributed by atoms with van der Waals surface area (Å²) < 4.78 is 0. The summed E-state index contributed by atoms with van der Waals surface area (Å²) in [5, 5.41) is 0. The Balaban J connectivity index is 2.46. The lowest BCUT2D eigenvalue weighted by molar-refractivity contribution is 0.638. The summed E-state index contributed by atoms with van der Waals surface area (Å²) in [7, 11) is 0. The van der Waals surface area contributed by atoms with E-state index in [4.69, 9.17) is 0 Å². The maximum Gasteiger partial charge on any atom is -0.0152 e. The number of hydrogen-bond donors (Lipinski definition) is 0. The summed E-state index contributed by atoms with van der Waals surface area (Å²) in [6.45, 7) is 5.86. The minimum Gasteiger partial charge on any atom is -0.130 e. The van der Waals surface area contributed by atoms with Gasteiger partial charge in [0.25, 0.3) is 0 Å². The molecule has 1 rings (SSSR count). The van der Waals surface area contributed by atoms with Crippen LogP contribution in [0, 0.1) is 5.92 Å². The Kier molecular flexibility index (Phi) is 3.63. The predicted octanol–water partition coefficient (Wildman–Crippen LogP) is 3.63. The zero-order valence-corrected chi connectivity index (χ0v) is 7.72. The van der Waals surface area contributed by atoms with E-state index in [0.29, 0.717) is 5.92 Å². The molecule has 0 bridgehead atoms. The van der Waals surface area contributed by atoms with E-state index in [0.717, 1.165) is 12.8 Å². The molecule has 0 aliphatic heterocycles. The normalized spacial score (nSPS) is 20.6. The third-order valence-electron chi connectivity index (χ3n) is 2.25. The van der Waals surface area contributed by atoms with Crippen molar-refractivity contribution in [1.82, 2.24) is 0 Å². The van der Waals surface area contributed by atoms with Gasteiger partial charge in [-0.25, -0.2) is 0 Å². The third kappa shape index (κ3) is 2.56. The fourth-order valence-corrected chi connectivity index (χ4v) is 1.44. The Morgan fingerprint density at radius 3 is 2.92 bits per heavy atom. The molecule has 0 saturated heterocycles. The molecule has 0 aromatic rings. The van der Waals surface area contributed by atoms with Crippen molar-refractivity contribution < 1.29 is 0 Å². The van der Waals surface area contributed by atoms with Crippen LogP contribution in [0.4, 0.5) is 0 Å². The highest BCUT2D eigenvalue weighted by atomic mass is 14.1. The zero-order chi connectivity index (χ0) is 8.81. The summed E-state index contributed by atoms with van der Waals surface area (Å²) in [6.07, 6.45) is 12.1. The second-order valence-electron chi connectivity index (χ2n) is 3.15. The summed E-state index contributed by atoms with van der Waals surface area (Å²) in [6, 6.07) is 0. The van der Waals surface area contributed by atoms with Crippen LogP contribution in [0.25, 0.3) is 0 Å². The highest BCUT2D eigenvalue weighted by Gasteiger charge is 2.06. The van der Waals surface area contributed by atoms with Crippen LogP contribution in [0.2, 0.25) is 0 Å². The average molecular weight is 160 g/mol. The van der Waals surface area contributed by atoms with Crippen LogP contribution in [-0.4, -0.2) is 0 Å². The number of rotatable bonds is 3. The number of hydrogen-bond acceptors (Lipinski definition) is 0. The lowest BCUT2D eigenvalue weighted by atomic mass is 9.92. The van der Waals surface area contributed by atoms with Gasteiger partial charge in [0.05, 0.1) is 0 Å². The minimum atomic E-state index is 0.680. The molecule has 0 N–H and O–H groups in total. The minimum absolute atomic E-state index is 0.680. The molecule has 1 aliphatic rings. The van der Waals surface area contributed by atoms with Crippen molar-refractivity contribution in [2.45, 2.75) is 26.2 Å². The molecule has 0 spiro atoms. The fourth-order valence-electron chi connectivity index (χ4n) is 1.44. The molecule has 0 saturated carbocycles. The summed E-state index contributed by atoms with van der Waals surface area (Å²) in [4.78, 5) is 0. The van der Waals surface area contributed by atoms with Gasteiger partial charge in [0.15, 0.2) is 0 Å². The van der Waals surface area contributed by atoms with E-state index < -0.39 is 0 Å². The van der Waals surface area contributed by atoms with Gasteiger partial charge in [0.2, 0.25) is 0 Å². The average Bonchev–Trinajstić information content (AvgIpc) is 2.16. The Bertz CT molecular complexity index is 237. The van der Waals surface area contributed by atoms with Gasteiger partial charge >= 0.3 is 0 Å². The molecule has 1 atom stereocenters. The SMILES string of the molecule is C=C=C(CC)CC1C=CC=CC1. The van der Waals surface area contributed by atoms with Crippen molar-refractivity contribution in [3.63, 3.8) is 0 Å². The van der Waals surface area contributed by atoms with Crippen LogP contribution in [0.5, 0.6) is 0 Å².